The second kappa shape index (κ2) is 12.2. The monoisotopic (exact) mass is 605 g/mol. The molecule has 226 valence electrons. The SMILES string of the molecule is CCOc1ccccc1C1Nc2ccc(S(=O)(=O)N3CCN(C(c4ccccc4)c4ccccc4)CC3)cc2C2C=CCC21. The van der Waals surface area contributed by atoms with E-state index >= 15 is 0 Å². The number of hydrogen-bond donors (Lipinski definition) is 1. The molecule has 0 radical (unpaired) electrons. The van der Waals surface area contributed by atoms with Gasteiger partial charge < -0.3 is 10.1 Å². The van der Waals surface area contributed by atoms with Gasteiger partial charge >= 0.3 is 0 Å². The van der Waals surface area contributed by atoms with E-state index in [0.29, 0.717) is 43.6 Å². The minimum absolute atomic E-state index is 0.0861. The van der Waals surface area contributed by atoms with Gasteiger partial charge in [0.2, 0.25) is 10.0 Å². The number of hydrogen-bond acceptors (Lipinski definition) is 5. The smallest absolute Gasteiger partial charge is 0.243 e. The molecule has 0 saturated carbocycles. The van der Waals surface area contributed by atoms with Crippen LogP contribution in [0.25, 0.3) is 0 Å². The zero-order valence-electron chi connectivity index (χ0n) is 25.0. The molecule has 0 spiro atoms. The number of sulfonamides is 1. The van der Waals surface area contributed by atoms with Gasteiger partial charge in [-0.05, 0) is 60.2 Å². The molecule has 6 nitrogen and oxygen atoms in total. The average molecular weight is 606 g/mol. The number of piperazine rings is 1. The van der Waals surface area contributed by atoms with Gasteiger partial charge in [-0.3, -0.25) is 4.90 Å². The Morgan fingerprint density at radius 3 is 2.16 bits per heavy atom. The minimum Gasteiger partial charge on any atom is -0.494 e. The number of fused-ring (bicyclic) bond motifs is 3. The zero-order valence-corrected chi connectivity index (χ0v) is 25.9. The van der Waals surface area contributed by atoms with Gasteiger partial charge in [0, 0.05) is 43.3 Å². The number of nitrogens with one attached hydrogen (secondary N) is 1. The second-order valence-corrected chi connectivity index (χ2v) is 13.8. The van der Waals surface area contributed by atoms with E-state index in [1.54, 1.807) is 10.4 Å². The summed E-state index contributed by atoms with van der Waals surface area (Å²) in [6.45, 7) is 4.85. The first-order valence-electron chi connectivity index (χ1n) is 15.7. The fourth-order valence-electron chi connectivity index (χ4n) is 7.30. The number of nitrogens with zero attached hydrogens (tertiary/aromatic N) is 2. The van der Waals surface area contributed by atoms with E-state index in [4.69, 9.17) is 4.74 Å². The van der Waals surface area contributed by atoms with E-state index in [0.717, 1.165) is 29.0 Å². The molecular formula is C37H39N3O3S. The number of rotatable bonds is 8. The van der Waals surface area contributed by atoms with Crippen LogP contribution in [0.2, 0.25) is 0 Å². The number of anilines is 1. The summed E-state index contributed by atoms with van der Waals surface area (Å²) < 4.78 is 35.7. The van der Waals surface area contributed by atoms with Gasteiger partial charge in [0.25, 0.3) is 0 Å². The maximum Gasteiger partial charge on any atom is 0.243 e. The third kappa shape index (κ3) is 5.34. The van der Waals surface area contributed by atoms with Gasteiger partial charge in [-0.1, -0.05) is 91.0 Å². The van der Waals surface area contributed by atoms with Crippen molar-refractivity contribution >= 4 is 15.7 Å². The van der Waals surface area contributed by atoms with Crippen LogP contribution < -0.4 is 10.1 Å². The van der Waals surface area contributed by atoms with E-state index in [1.165, 1.54) is 11.1 Å². The number of benzene rings is 4. The molecule has 4 aromatic carbocycles. The molecule has 7 heteroatoms. The highest BCUT2D eigenvalue weighted by molar-refractivity contribution is 7.89. The van der Waals surface area contributed by atoms with Gasteiger partial charge in [0.1, 0.15) is 5.75 Å². The maximum absolute atomic E-state index is 14.0. The number of ether oxygens (including phenoxy) is 1. The molecule has 3 unspecified atom stereocenters. The van der Waals surface area contributed by atoms with Crippen molar-refractivity contribution in [2.75, 3.05) is 38.1 Å². The van der Waals surface area contributed by atoms with Crippen molar-refractivity contribution in [1.82, 2.24) is 9.21 Å². The lowest BCUT2D eigenvalue weighted by atomic mass is 9.77. The molecule has 44 heavy (non-hydrogen) atoms. The Hall–Kier alpha value is -3.91. The van der Waals surface area contributed by atoms with Crippen molar-refractivity contribution in [2.45, 2.75) is 36.2 Å². The Labute approximate surface area is 261 Å². The van der Waals surface area contributed by atoms with Crippen molar-refractivity contribution in [1.29, 1.82) is 0 Å². The minimum atomic E-state index is -3.65. The van der Waals surface area contributed by atoms with Crippen LogP contribution in [0.4, 0.5) is 5.69 Å². The van der Waals surface area contributed by atoms with Gasteiger partial charge in [-0.15, -0.1) is 0 Å². The summed E-state index contributed by atoms with van der Waals surface area (Å²) >= 11 is 0. The van der Waals surface area contributed by atoms with E-state index in [9.17, 15) is 8.42 Å². The lowest BCUT2D eigenvalue weighted by Gasteiger charge is -2.40. The third-order valence-electron chi connectivity index (χ3n) is 9.39. The first kappa shape index (κ1) is 28.8. The van der Waals surface area contributed by atoms with Gasteiger partial charge in [0.15, 0.2) is 0 Å². The van der Waals surface area contributed by atoms with Crippen molar-refractivity contribution in [2.24, 2.45) is 5.92 Å². The van der Waals surface area contributed by atoms with Crippen LogP contribution in [-0.2, 0) is 10.0 Å². The molecule has 7 rings (SSSR count). The normalized spacial score (nSPS) is 21.9. The zero-order chi connectivity index (χ0) is 30.1. The summed E-state index contributed by atoms with van der Waals surface area (Å²) in [6.07, 6.45) is 5.42. The first-order chi connectivity index (χ1) is 21.5. The first-order valence-corrected chi connectivity index (χ1v) is 17.1. The Morgan fingerprint density at radius 1 is 0.818 bits per heavy atom. The van der Waals surface area contributed by atoms with Crippen molar-refractivity contribution in [3.05, 3.63) is 138 Å². The van der Waals surface area contributed by atoms with E-state index in [-0.39, 0.29) is 18.0 Å². The molecular weight excluding hydrogens is 566 g/mol. The molecule has 0 amide bonds. The van der Waals surface area contributed by atoms with Gasteiger partial charge in [0.05, 0.1) is 23.6 Å². The molecule has 2 heterocycles. The Kier molecular flexibility index (Phi) is 8.02. The van der Waals surface area contributed by atoms with E-state index in [1.807, 2.05) is 43.3 Å². The lowest BCUT2D eigenvalue weighted by Crippen LogP contribution is -2.49. The molecule has 2 aliphatic heterocycles. The second-order valence-electron chi connectivity index (χ2n) is 11.9. The number of para-hydroxylation sites is 1. The fourth-order valence-corrected chi connectivity index (χ4v) is 8.76. The Bertz CT molecular complexity index is 1700. The Morgan fingerprint density at radius 2 is 1.48 bits per heavy atom. The van der Waals surface area contributed by atoms with Crippen LogP contribution in [0.15, 0.2) is 120 Å². The van der Waals surface area contributed by atoms with Crippen LogP contribution in [0, 0.1) is 5.92 Å². The van der Waals surface area contributed by atoms with Crippen molar-refractivity contribution in [3.8, 4) is 5.75 Å². The quantitative estimate of drug-likeness (QED) is 0.219. The highest BCUT2D eigenvalue weighted by atomic mass is 32.2. The lowest BCUT2D eigenvalue weighted by molar-refractivity contribution is 0.156. The standard InChI is InChI=1S/C37H39N3O3S/c1-2-43-35-19-10-9-16-32(35)36-31-18-11-17-30(31)33-26-29(20-21-34(33)38-36)44(41,42)40-24-22-39(23-25-40)37(27-12-5-3-6-13-27)28-14-7-4-8-15-28/h3-17,19-21,26,30-31,36-38H,2,18,22-25H2,1H3. The van der Waals surface area contributed by atoms with Crippen LogP contribution >= 0.6 is 0 Å². The summed E-state index contributed by atoms with van der Waals surface area (Å²) in [5.74, 6) is 1.34. The van der Waals surface area contributed by atoms with Crippen LogP contribution in [0.3, 0.4) is 0 Å². The molecule has 3 aliphatic rings. The molecule has 1 fully saturated rings. The number of allylic oxidation sites excluding steroid dienone is 2. The molecule has 4 aromatic rings. The van der Waals surface area contributed by atoms with E-state index in [2.05, 4.69) is 83.0 Å². The summed E-state index contributed by atoms with van der Waals surface area (Å²) in [4.78, 5) is 2.78. The molecule has 3 atom stereocenters. The molecule has 1 aliphatic carbocycles. The average Bonchev–Trinajstić information content (AvgIpc) is 3.57. The molecule has 1 N–H and O–H groups in total. The van der Waals surface area contributed by atoms with Crippen molar-refractivity contribution < 1.29 is 13.2 Å². The summed E-state index contributed by atoms with van der Waals surface area (Å²) in [6, 6.07) is 35.0. The summed E-state index contributed by atoms with van der Waals surface area (Å²) in [5, 5.41) is 3.76. The fraction of sp³-hybridized carbons (Fsp3) is 0.297. The summed E-state index contributed by atoms with van der Waals surface area (Å²) in [7, 11) is -3.65. The topological polar surface area (TPSA) is 61.9 Å². The van der Waals surface area contributed by atoms with Crippen molar-refractivity contribution in [3.63, 3.8) is 0 Å². The largest absolute Gasteiger partial charge is 0.494 e. The van der Waals surface area contributed by atoms with Crippen LogP contribution in [0.1, 0.15) is 53.6 Å². The Balaban J connectivity index is 1.12. The van der Waals surface area contributed by atoms with Gasteiger partial charge in [-0.25, -0.2) is 8.42 Å². The predicted octanol–water partition coefficient (Wildman–Crippen LogP) is 7.01. The molecule has 0 aromatic heterocycles. The third-order valence-corrected chi connectivity index (χ3v) is 11.3. The highest BCUT2D eigenvalue weighted by Gasteiger charge is 2.40. The summed E-state index contributed by atoms with van der Waals surface area (Å²) in [5.41, 5.74) is 5.64. The van der Waals surface area contributed by atoms with Gasteiger partial charge in [-0.2, -0.15) is 4.31 Å². The highest BCUT2D eigenvalue weighted by Crippen LogP contribution is 2.51. The van der Waals surface area contributed by atoms with Crippen LogP contribution in [0.5, 0.6) is 5.75 Å². The van der Waals surface area contributed by atoms with E-state index < -0.39 is 10.0 Å². The predicted molar refractivity (Wildman–Crippen MR) is 175 cm³/mol. The maximum atomic E-state index is 14.0. The molecule has 1 saturated heterocycles. The van der Waals surface area contributed by atoms with Crippen LogP contribution in [-0.4, -0.2) is 50.4 Å². The molecule has 0 bridgehead atoms.